The molecule has 1 unspecified atom stereocenters. The van der Waals surface area contributed by atoms with Crippen molar-refractivity contribution in [1.82, 2.24) is 15.1 Å². The molecule has 0 bridgehead atoms. The molecule has 0 radical (unpaired) electrons. The molecule has 2 aromatic carbocycles. The van der Waals surface area contributed by atoms with E-state index in [1.807, 2.05) is 12.1 Å². The first kappa shape index (κ1) is 23.7. The van der Waals surface area contributed by atoms with Crippen molar-refractivity contribution in [3.05, 3.63) is 83.7 Å². The number of hydrogen-bond acceptors (Lipinski definition) is 5. The number of halogens is 3. The molecule has 178 valence electrons. The summed E-state index contributed by atoms with van der Waals surface area (Å²) in [7, 11) is -3.31. The number of rotatable bonds is 6. The highest BCUT2D eigenvalue weighted by Gasteiger charge is 2.33. The molecule has 0 fully saturated rings. The Morgan fingerprint density at radius 1 is 1.18 bits per heavy atom. The molecule has 11 heteroatoms. The number of allylic oxidation sites excluding steroid dienone is 1. The van der Waals surface area contributed by atoms with Gasteiger partial charge in [0.1, 0.15) is 0 Å². The lowest BCUT2D eigenvalue weighted by Crippen LogP contribution is -2.27. The van der Waals surface area contributed by atoms with Crippen molar-refractivity contribution in [3.8, 4) is 0 Å². The van der Waals surface area contributed by atoms with Gasteiger partial charge in [-0.05, 0) is 36.3 Å². The lowest BCUT2D eigenvalue weighted by molar-refractivity contribution is -0.336. The van der Waals surface area contributed by atoms with Crippen LogP contribution in [-0.4, -0.2) is 42.8 Å². The zero-order chi connectivity index (χ0) is 24.5. The maximum atomic E-state index is 12.9. The average Bonchev–Trinajstić information content (AvgIpc) is 3.12. The average molecular weight is 491 g/mol. The fourth-order valence-corrected chi connectivity index (χ4v) is 4.20. The number of ether oxygens (including phenoxy) is 1. The Hall–Kier alpha value is -3.44. The van der Waals surface area contributed by atoms with E-state index < -0.39 is 28.2 Å². The molecule has 34 heavy (non-hydrogen) atoms. The summed E-state index contributed by atoms with van der Waals surface area (Å²) in [5, 5.41) is 7.72. The number of hydrogen-bond donors (Lipinski definition) is 1. The van der Waals surface area contributed by atoms with Gasteiger partial charge in [0.25, 0.3) is 5.91 Å². The van der Waals surface area contributed by atoms with Crippen molar-refractivity contribution < 1.29 is 31.1 Å². The number of nitrogens with zero attached hydrogens (tertiary/aromatic N) is 2. The number of alkyl halides is 3. The van der Waals surface area contributed by atoms with Gasteiger partial charge >= 0.3 is 6.36 Å². The van der Waals surface area contributed by atoms with E-state index in [0.717, 1.165) is 11.8 Å². The molecule has 7 nitrogen and oxygen atoms in total. The van der Waals surface area contributed by atoms with Crippen LogP contribution in [0.1, 0.15) is 22.5 Å². The Morgan fingerprint density at radius 3 is 2.50 bits per heavy atom. The van der Waals surface area contributed by atoms with Crippen molar-refractivity contribution in [2.75, 3.05) is 6.26 Å². The highest BCUT2D eigenvalue weighted by atomic mass is 32.2. The minimum Gasteiger partial charge on any atom is -0.321 e. The van der Waals surface area contributed by atoms with Crippen LogP contribution in [0.5, 0.6) is 0 Å². The zero-order valence-corrected chi connectivity index (χ0v) is 18.7. The van der Waals surface area contributed by atoms with Crippen molar-refractivity contribution in [1.29, 1.82) is 0 Å². The molecule has 4 rings (SSSR count). The quantitative estimate of drug-likeness (QED) is 0.564. The van der Waals surface area contributed by atoms with Gasteiger partial charge in [0.15, 0.2) is 15.5 Å². The summed E-state index contributed by atoms with van der Waals surface area (Å²) in [5.41, 5.74) is 2.00. The van der Waals surface area contributed by atoms with Gasteiger partial charge in [0, 0.05) is 17.3 Å². The Labute approximate surface area is 193 Å². The van der Waals surface area contributed by atoms with Crippen LogP contribution in [0.3, 0.4) is 0 Å². The van der Waals surface area contributed by atoms with Gasteiger partial charge in [-0.2, -0.15) is 5.10 Å². The van der Waals surface area contributed by atoms with Gasteiger partial charge in [-0.1, -0.05) is 42.5 Å². The Bertz CT molecular complexity index is 1390. The second-order valence-corrected chi connectivity index (χ2v) is 9.77. The van der Waals surface area contributed by atoms with Crippen molar-refractivity contribution in [2.24, 2.45) is 0 Å². The van der Waals surface area contributed by atoms with Crippen LogP contribution in [-0.2, 0) is 21.1 Å². The Kier molecular flexibility index (Phi) is 6.32. The first-order valence-electron chi connectivity index (χ1n) is 10.2. The monoisotopic (exact) mass is 491 g/mol. The molecular formula is C23H20F3N3O4S. The normalized spacial score (nSPS) is 16.5. The van der Waals surface area contributed by atoms with Gasteiger partial charge in [-0.25, -0.2) is 8.42 Å². The first-order chi connectivity index (χ1) is 16.0. The molecule has 1 aliphatic carbocycles. The summed E-state index contributed by atoms with van der Waals surface area (Å²) in [4.78, 5) is 13.1. The van der Waals surface area contributed by atoms with Crippen molar-refractivity contribution in [2.45, 2.75) is 30.3 Å². The van der Waals surface area contributed by atoms with E-state index in [0.29, 0.717) is 23.1 Å². The van der Waals surface area contributed by atoms with E-state index in [1.54, 1.807) is 28.9 Å². The maximum Gasteiger partial charge on any atom is 0.523 e. The van der Waals surface area contributed by atoms with E-state index in [9.17, 15) is 26.4 Å². The lowest BCUT2D eigenvalue weighted by atomic mass is 10.1. The predicted molar refractivity (Wildman–Crippen MR) is 119 cm³/mol. The van der Waals surface area contributed by atoms with Crippen molar-refractivity contribution in [3.63, 3.8) is 0 Å². The largest absolute Gasteiger partial charge is 0.523 e. The predicted octanol–water partition coefficient (Wildman–Crippen LogP) is 3.97. The number of nitrogens with one attached hydrogen (secondary N) is 1. The van der Waals surface area contributed by atoms with Gasteiger partial charge in [0.2, 0.25) is 0 Å². The lowest BCUT2D eigenvalue weighted by Gasteiger charge is -2.18. The number of benzene rings is 2. The third-order valence-electron chi connectivity index (χ3n) is 5.16. The molecule has 0 saturated heterocycles. The molecule has 0 spiro atoms. The minimum absolute atomic E-state index is 0.0374. The maximum absolute atomic E-state index is 12.9. The molecule has 1 heterocycles. The highest BCUT2D eigenvalue weighted by Crippen LogP contribution is 2.24. The van der Waals surface area contributed by atoms with Crippen LogP contribution in [0.4, 0.5) is 13.2 Å². The molecular weight excluding hydrogens is 471 g/mol. The van der Waals surface area contributed by atoms with Gasteiger partial charge in [0.05, 0.1) is 23.1 Å². The van der Waals surface area contributed by atoms with Gasteiger partial charge < -0.3 is 5.32 Å². The molecule has 1 atom stereocenters. The van der Waals surface area contributed by atoms with Crippen LogP contribution in [0, 0.1) is 0 Å². The van der Waals surface area contributed by atoms with E-state index in [2.05, 4.69) is 15.2 Å². The van der Waals surface area contributed by atoms with Crippen LogP contribution in [0.2, 0.25) is 0 Å². The van der Waals surface area contributed by atoms with Gasteiger partial charge in [-0.15, -0.1) is 13.2 Å². The number of carbonyl (C=O) groups is 1. The molecule has 3 aromatic rings. The smallest absolute Gasteiger partial charge is 0.321 e. The van der Waals surface area contributed by atoms with Crippen LogP contribution < -0.4 is 5.32 Å². The Balaban J connectivity index is 1.53. The van der Waals surface area contributed by atoms with Crippen LogP contribution in [0.15, 0.2) is 77.4 Å². The number of amides is 1. The summed E-state index contributed by atoms with van der Waals surface area (Å²) in [6, 6.07) is 13.5. The summed E-state index contributed by atoms with van der Waals surface area (Å²) >= 11 is 0. The van der Waals surface area contributed by atoms with Crippen molar-refractivity contribution >= 4 is 26.6 Å². The summed E-state index contributed by atoms with van der Waals surface area (Å²) in [6.45, 7) is 0.302. The minimum atomic E-state index is -4.74. The molecule has 1 amide bonds. The molecule has 1 N–H and O–H groups in total. The number of para-hydroxylation sites is 1. The van der Waals surface area contributed by atoms with E-state index in [4.69, 9.17) is 0 Å². The third-order valence-corrected chi connectivity index (χ3v) is 6.29. The third kappa shape index (κ3) is 5.54. The van der Waals surface area contributed by atoms with Crippen LogP contribution >= 0.6 is 0 Å². The molecule has 1 aliphatic rings. The second-order valence-electron chi connectivity index (χ2n) is 7.75. The van der Waals surface area contributed by atoms with E-state index in [-0.39, 0.29) is 17.0 Å². The summed E-state index contributed by atoms with van der Waals surface area (Å²) < 4.78 is 66.0. The summed E-state index contributed by atoms with van der Waals surface area (Å²) in [5.74, 6) is -0.506. The van der Waals surface area contributed by atoms with E-state index in [1.165, 1.54) is 30.4 Å². The topological polar surface area (TPSA) is 90.3 Å². The zero-order valence-electron chi connectivity index (χ0n) is 17.9. The molecule has 1 aromatic heterocycles. The number of carbonyl (C=O) groups excluding carboxylic acids is 1. The SMILES string of the molecule is CS(=O)(=O)c1ccc(Cn2nc(C(=O)NC3=CCC(OC(F)(F)F)C=C3)c3ccccc32)cc1. The fraction of sp³-hybridized carbons (Fsp3) is 0.217. The fourth-order valence-electron chi connectivity index (χ4n) is 3.57. The molecule has 0 aliphatic heterocycles. The standard InChI is InChI=1S/C23H20F3N3O4S/c1-34(31,32)18-12-6-15(7-13-18)14-29-20-5-3-2-4-19(20)21(28-29)22(30)27-16-8-10-17(11-9-16)33-23(24,25)26/h2-10,12-13,17H,11,14H2,1H3,(H,27,30). The number of sulfone groups is 1. The highest BCUT2D eigenvalue weighted by molar-refractivity contribution is 7.90. The Morgan fingerprint density at radius 2 is 1.88 bits per heavy atom. The number of fused-ring (bicyclic) bond motifs is 1. The summed E-state index contributed by atoms with van der Waals surface area (Å²) in [6.07, 6.45) is -0.731. The molecule has 0 saturated carbocycles. The number of aromatic nitrogens is 2. The van der Waals surface area contributed by atoms with Crippen LogP contribution in [0.25, 0.3) is 10.9 Å². The van der Waals surface area contributed by atoms with Gasteiger partial charge in [-0.3, -0.25) is 14.2 Å². The van der Waals surface area contributed by atoms with E-state index >= 15 is 0 Å². The first-order valence-corrected chi connectivity index (χ1v) is 12.1. The second kappa shape index (κ2) is 9.07.